The Morgan fingerprint density at radius 2 is 1.56 bits per heavy atom. The summed E-state index contributed by atoms with van der Waals surface area (Å²) in [6.07, 6.45) is 5.88. The molecule has 1 saturated heterocycles. The largest absolute Gasteiger partial charge is 0.497 e. The molecule has 4 rings (SSSR count). The summed E-state index contributed by atoms with van der Waals surface area (Å²) >= 11 is 0. The Balaban J connectivity index is 0.000000388. The van der Waals surface area contributed by atoms with E-state index in [0.717, 1.165) is 59.5 Å². The Hall–Kier alpha value is -1.23. The number of hydrogen-bond acceptors (Lipinski definition) is 2. The van der Waals surface area contributed by atoms with Crippen LogP contribution in [0.4, 0.5) is 5.69 Å². The van der Waals surface area contributed by atoms with Crippen LogP contribution in [0.5, 0.6) is 5.75 Å². The van der Waals surface area contributed by atoms with Crippen LogP contribution in [0.15, 0.2) is 42.5 Å². The van der Waals surface area contributed by atoms with Crippen molar-refractivity contribution in [1.29, 1.82) is 0 Å². The third-order valence-corrected chi connectivity index (χ3v) is 7.25. The fourth-order valence-corrected chi connectivity index (χ4v) is 5.20. The molecule has 32 heavy (non-hydrogen) atoms. The molecule has 171 valence electrons. The fourth-order valence-electron chi connectivity index (χ4n) is 5.20. The maximum Gasteiger partial charge on any atom is 0.285 e. The molecule has 0 aromatic heterocycles. The van der Waals surface area contributed by atoms with Gasteiger partial charge in [0.2, 0.25) is 0 Å². The van der Waals surface area contributed by atoms with Gasteiger partial charge in [-0.3, -0.25) is 4.79 Å². The first-order chi connectivity index (χ1) is 14.9. The molecule has 0 bridgehead atoms. The summed E-state index contributed by atoms with van der Waals surface area (Å²) in [5, 5.41) is 3.28. The molecule has 0 atom stereocenters. The van der Waals surface area contributed by atoms with Crippen LogP contribution in [-0.2, 0) is 37.5 Å². The number of anilines is 1. The molecule has 1 aliphatic heterocycles. The molecule has 2 aromatic rings. The minimum atomic E-state index is -0.187. The number of quaternary nitrogens is 1. The second-order valence-corrected chi connectivity index (χ2v) is 9.25. The van der Waals surface area contributed by atoms with Crippen LogP contribution < -0.4 is 10.1 Å². The molecule has 0 spiro atoms. The first-order valence-electron chi connectivity index (χ1n) is 11.7. The first-order valence-corrected chi connectivity index (χ1v) is 11.7. The zero-order chi connectivity index (χ0) is 22.5. The zero-order valence-corrected chi connectivity index (χ0v) is 23.4. The summed E-state index contributed by atoms with van der Waals surface area (Å²) < 4.78 is 6.32. The molecule has 2 aliphatic rings. The van der Waals surface area contributed by atoms with E-state index in [1.165, 1.54) is 24.8 Å². The summed E-state index contributed by atoms with van der Waals surface area (Å²) in [5.74, 6) is 1.07. The maximum atomic E-state index is 13.3. The predicted molar refractivity (Wildman–Crippen MR) is 129 cm³/mol. The number of likely N-dealkylation sites (N-methyl/N-ethyl adjacent to an activating group) is 1. The molecule has 1 N–H and O–H groups in total. The van der Waals surface area contributed by atoms with E-state index in [0.29, 0.717) is 0 Å². The monoisotopic (exact) mass is 512 g/mol. The van der Waals surface area contributed by atoms with E-state index in [1.54, 1.807) is 7.11 Å². The number of likely N-dealkylation sites (tertiary alicyclic amines) is 1. The molecule has 1 radical (unpaired) electrons. The Bertz CT molecular complexity index is 865. The number of methoxy groups -OCH3 is 1. The third kappa shape index (κ3) is 5.82. The van der Waals surface area contributed by atoms with Crippen LogP contribution in [-0.4, -0.2) is 42.7 Å². The van der Waals surface area contributed by atoms with Crippen molar-refractivity contribution in [3.05, 3.63) is 59.2 Å². The van der Waals surface area contributed by atoms with Crippen LogP contribution in [0.3, 0.4) is 0 Å². The van der Waals surface area contributed by atoms with E-state index in [9.17, 15) is 4.79 Å². The number of benzene rings is 2. The fraction of sp³-hybridized carbons (Fsp3) is 0.519. The van der Waals surface area contributed by atoms with E-state index in [-0.39, 0.29) is 44.2 Å². The average Bonchev–Trinajstić information content (AvgIpc) is 3.60. The van der Waals surface area contributed by atoms with E-state index >= 15 is 0 Å². The van der Waals surface area contributed by atoms with E-state index in [2.05, 4.69) is 31.3 Å². The van der Waals surface area contributed by atoms with Gasteiger partial charge in [0.1, 0.15) is 5.75 Å². The smallest absolute Gasteiger partial charge is 0.285 e. The van der Waals surface area contributed by atoms with Gasteiger partial charge in [-0.2, -0.15) is 0 Å². The Morgan fingerprint density at radius 3 is 1.97 bits per heavy atom. The van der Waals surface area contributed by atoms with Gasteiger partial charge in [0.25, 0.3) is 5.91 Å². The number of carbonyl (C=O) groups excluding carboxylic acids is 1. The van der Waals surface area contributed by atoms with Crippen molar-refractivity contribution in [2.24, 2.45) is 0 Å². The molecule has 4 nitrogen and oxygen atoms in total. The van der Waals surface area contributed by atoms with Crippen LogP contribution in [0.25, 0.3) is 0 Å². The van der Waals surface area contributed by atoms with Gasteiger partial charge >= 0.3 is 0 Å². The molecule has 2 fully saturated rings. The average molecular weight is 513 g/mol. The van der Waals surface area contributed by atoms with Gasteiger partial charge in [-0.05, 0) is 70.2 Å². The summed E-state index contributed by atoms with van der Waals surface area (Å²) in [5.41, 5.74) is 4.23. The number of nitrogens with one attached hydrogen (secondary N) is 1. The number of rotatable bonds is 5. The van der Waals surface area contributed by atoms with Crippen LogP contribution >= 0.6 is 0 Å². The Morgan fingerprint density at radius 1 is 1.00 bits per heavy atom. The number of nitrogens with zero attached hydrogens (tertiary/aromatic N) is 1. The molecule has 1 amide bonds. The second kappa shape index (κ2) is 11.8. The van der Waals surface area contributed by atoms with Crippen molar-refractivity contribution in [2.75, 3.05) is 32.1 Å². The van der Waals surface area contributed by atoms with Gasteiger partial charge in [-0.15, -0.1) is 0 Å². The van der Waals surface area contributed by atoms with Crippen molar-refractivity contribution in [1.82, 2.24) is 0 Å². The zero-order valence-electron chi connectivity index (χ0n) is 20.5. The minimum absolute atomic E-state index is 0. The second-order valence-electron chi connectivity index (χ2n) is 9.25. The SMILES string of the molecule is CC[N+]1(C2(C(=O)Nc3c(C)cc(OC)cc3C)CC2)CCCCC1.Cc1ccccc1.[Y]. The normalized spacial score (nSPS) is 17.8. The summed E-state index contributed by atoms with van der Waals surface area (Å²) in [6.45, 7) is 11.8. The third-order valence-electron chi connectivity index (χ3n) is 7.25. The predicted octanol–water partition coefficient (Wildman–Crippen LogP) is 5.80. The van der Waals surface area contributed by atoms with E-state index in [1.807, 2.05) is 44.2 Å². The molecular formula is C27H39N2O2Y+. The molecule has 2 aromatic carbocycles. The molecule has 0 unspecified atom stereocenters. The number of ether oxygens (including phenoxy) is 1. The van der Waals surface area contributed by atoms with Gasteiger partial charge in [-0.1, -0.05) is 35.9 Å². The number of carbonyl (C=O) groups is 1. The van der Waals surface area contributed by atoms with Gasteiger partial charge in [0.15, 0.2) is 5.54 Å². The first kappa shape index (κ1) is 27.0. The summed E-state index contributed by atoms with van der Waals surface area (Å²) in [6, 6.07) is 14.2. The number of hydrogen-bond donors (Lipinski definition) is 1. The van der Waals surface area contributed by atoms with Crippen LogP contribution in [0.2, 0.25) is 0 Å². The molecule has 1 heterocycles. The van der Waals surface area contributed by atoms with E-state index < -0.39 is 0 Å². The quantitative estimate of drug-likeness (QED) is 0.515. The number of piperidine rings is 1. The van der Waals surface area contributed by atoms with E-state index in [4.69, 9.17) is 4.74 Å². The summed E-state index contributed by atoms with van der Waals surface area (Å²) in [7, 11) is 1.68. The van der Waals surface area contributed by atoms with Gasteiger partial charge in [-0.25, -0.2) is 0 Å². The van der Waals surface area contributed by atoms with Crippen molar-refractivity contribution >= 4 is 11.6 Å². The van der Waals surface area contributed by atoms with Gasteiger partial charge in [0, 0.05) is 51.2 Å². The molecule has 1 aliphatic carbocycles. The molecule has 1 saturated carbocycles. The number of aryl methyl sites for hydroxylation is 3. The molecule has 5 heteroatoms. The maximum absolute atomic E-state index is 13.3. The van der Waals surface area contributed by atoms with Crippen molar-refractivity contribution in [3.63, 3.8) is 0 Å². The topological polar surface area (TPSA) is 38.3 Å². The van der Waals surface area contributed by atoms with Gasteiger partial charge in [0.05, 0.1) is 26.7 Å². The van der Waals surface area contributed by atoms with Crippen LogP contribution in [0.1, 0.15) is 55.7 Å². The van der Waals surface area contributed by atoms with Crippen molar-refractivity contribution in [3.8, 4) is 5.75 Å². The van der Waals surface area contributed by atoms with Crippen molar-refractivity contribution in [2.45, 2.75) is 65.3 Å². The Labute approximate surface area is 219 Å². The number of amides is 1. The Kier molecular flexibility index (Phi) is 9.93. The van der Waals surface area contributed by atoms with Gasteiger partial charge < -0.3 is 14.5 Å². The van der Waals surface area contributed by atoms with Crippen LogP contribution in [0, 0.1) is 20.8 Å². The van der Waals surface area contributed by atoms with Crippen molar-refractivity contribution < 1.29 is 46.7 Å². The summed E-state index contributed by atoms with van der Waals surface area (Å²) in [4.78, 5) is 13.3. The standard InChI is InChI=1S/C20H30N2O2.C7H8.Y/c1-5-22(11-7-6-8-12-22)20(9-10-20)19(23)21-18-15(2)13-17(24-4)14-16(18)3;1-7-5-3-2-4-6-7;/h13-14H,5-12H2,1-4H3;2-6H,1H3;/p+1. The minimum Gasteiger partial charge on any atom is -0.497 e. The molecular weight excluding hydrogens is 473 g/mol.